The lowest BCUT2D eigenvalue weighted by atomic mass is 10.1. The van der Waals surface area contributed by atoms with Crippen LogP contribution in [0.25, 0.3) is 10.9 Å². The minimum atomic E-state index is 0.0482. The van der Waals surface area contributed by atoms with Gasteiger partial charge in [-0.05, 0) is 44.0 Å². The molecule has 0 saturated carbocycles. The van der Waals surface area contributed by atoms with Crippen LogP contribution in [0, 0.1) is 0 Å². The molecule has 2 heterocycles. The van der Waals surface area contributed by atoms with Crippen LogP contribution in [0.3, 0.4) is 0 Å². The van der Waals surface area contributed by atoms with E-state index in [4.69, 9.17) is 0 Å². The lowest BCUT2D eigenvalue weighted by Gasteiger charge is -2.18. The number of hydrogen-bond acceptors (Lipinski definition) is 3. The third kappa shape index (κ3) is 3.82. The van der Waals surface area contributed by atoms with Gasteiger partial charge in [0, 0.05) is 48.5 Å². The molecule has 0 bridgehead atoms. The number of hydrogen-bond donors (Lipinski definition) is 2. The summed E-state index contributed by atoms with van der Waals surface area (Å²) < 4.78 is 0. The quantitative estimate of drug-likeness (QED) is 0.691. The Bertz CT molecular complexity index is 852. The first kappa shape index (κ1) is 17.0. The Morgan fingerprint density at radius 1 is 1.20 bits per heavy atom. The number of aromatic amines is 1. The molecule has 0 atom stereocenters. The summed E-state index contributed by atoms with van der Waals surface area (Å²) in [7, 11) is 0. The Kier molecular flexibility index (Phi) is 5.33. The predicted octanol–water partition coefficient (Wildman–Crippen LogP) is 3.70. The summed E-state index contributed by atoms with van der Waals surface area (Å²) in [6, 6.07) is 11.9. The van der Waals surface area contributed by atoms with Gasteiger partial charge in [-0.2, -0.15) is 0 Å². The Balaban J connectivity index is 1.64. The lowest BCUT2D eigenvalue weighted by Crippen LogP contribution is -2.30. The van der Waals surface area contributed by atoms with Crippen LogP contribution in [0.15, 0.2) is 48.8 Å². The van der Waals surface area contributed by atoms with E-state index in [0.717, 1.165) is 24.3 Å². The van der Waals surface area contributed by atoms with E-state index in [1.165, 1.54) is 10.9 Å². The number of para-hydroxylation sites is 1. The van der Waals surface area contributed by atoms with Gasteiger partial charge in [-0.1, -0.05) is 18.2 Å². The summed E-state index contributed by atoms with van der Waals surface area (Å²) in [6.07, 6.45) is 4.63. The highest BCUT2D eigenvalue weighted by atomic mass is 16.2. The normalized spacial score (nSPS) is 10.8. The Hall–Kier alpha value is -2.82. The van der Waals surface area contributed by atoms with Crippen LogP contribution in [-0.2, 0) is 6.42 Å². The van der Waals surface area contributed by atoms with E-state index in [1.54, 1.807) is 12.3 Å². The number of nitrogens with zero attached hydrogens (tertiary/aromatic N) is 2. The molecule has 25 heavy (non-hydrogen) atoms. The third-order valence-electron chi connectivity index (χ3n) is 4.43. The molecular formula is C20H24N4O. The highest BCUT2D eigenvalue weighted by Crippen LogP contribution is 2.18. The van der Waals surface area contributed by atoms with Gasteiger partial charge in [0.25, 0.3) is 5.91 Å². The number of amides is 1. The van der Waals surface area contributed by atoms with Crippen LogP contribution in [0.1, 0.15) is 29.8 Å². The van der Waals surface area contributed by atoms with Crippen molar-refractivity contribution < 1.29 is 4.79 Å². The van der Waals surface area contributed by atoms with Gasteiger partial charge in [0.05, 0.1) is 0 Å². The van der Waals surface area contributed by atoms with Crippen LogP contribution >= 0.6 is 0 Å². The standard InChI is InChI=1S/C20H24N4O/c1-3-24(4-2)20(25)15-9-11-21-19(13-15)22-12-10-16-14-23-18-8-6-5-7-17(16)18/h5-9,11,13-14,23H,3-4,10,12H2,1-2H3,(H,21,22). The summed E-state index contributed by atoms with van der Waals surface area (Å²) in [5.41, 5.74) is 3.11. The van der Waals surface area contributed by atoms with Gasteiger partial charge < -0.3 is 15.2 Å². The molecule has 0 spiro atoms. The predicted molar refractivity (Wildman–Crippen MR) is 102 cm³/mol. The Morgan fingerprint density at radius 2 is 2.00 bits per heavy atom. The molecule has 5 nitrogen and oxygen atoms in total. The highest BCUT2D eigenvalue weighted by Gasteiger charge is 2.13. The molecule has 0 unspecified atom stereocenters. The van der Waals surface area contributed by atoms with E-state index in [-0.39, 0.29) is 5.91 Å². The summed E-state index contributed by atoms with van der Waals surface area (Å²) in [5.74, 6) is 0.782. The van der Waals surface area contributed by atoms with Crippen molar-refractivity contribution in [3.05, 3.63) is 59.9 Å². The van der Waals surface area contributed by atoms with Gasteiger partial charge in [-0.3, -0.25) is 4.79 Å². The third-order valence-corrected chi connectivity index (χ3v) is 4.43. The zero-order valence-corrected chi connectivity index (χ0v) is 14.7. The van der Waals surface area contributed by atoms with E-state index in [9.17, 15) is 4.79 Å². The number of carbonyl (C=O) groups excluding carboxylic acids is 1. The largest absolute Gasteiger partial charge is 0.370 e. The molecular weight excluding hydrogens is 312 g/mol. The van der Waals surface area contributed by atoms with Crippen molar-refractivity contribution in [1.82, 2.24) is 14.9 Å². The molecule has 1 amide bonds. The Labute approximate surface area is 148 Å². The van der Waals surface area contributed by atoms with Crippen molar-refractivity contribution in [2.75, 3.05) is 25.0 Å². The van der Waals surface area contributed by atoms with Gasteiger partial charge in [-0.15, -0.1) is 0 Å². The molecule has 3 rings (SSSR count). The molecule has 130 valence electrons. The Morgan fingerprint density at radius 3 is 2.80 bits per heavy atom. The molecule has 2 aromatic heterocycles. The van der Waals surface area contributed by atoms with Crippen molar-refractivity contribution in [3.8, 4) is 0 Å². The first-order valence-electron chi connectivity index (χ1n) is 8.77. The van der Waals surface area contributed by atoms with E-state index in [0.29, 0.717) is 18.7 Å². The molecule has 0 fully saturated rings. The molecule has 0 aliphatic carbocycles. The molecule has 3 aromatic rings. The summed E-state index contributed by atoms with van der Waals surface area (Å²) in [4.78, 5) is 21.9. The van der Waals surface area contributed by atoms with Crippen molar-refractivity contribution in [2.45, 2.75) is 20.3 Å². The minimum absolute atomic E-state index is 0.0482. The number of aromatic nitrogens is 2. The zero-order valence-electron chi connectivity index (χ0n) is 14.7. The fourth-order valence-corrected chi connectivity index (χ4v) is 3.02. The van der Waals surface area contributed by atoms with E-state index in [1.807, 2.05) is 30.9 Å². The van der Waals surface area contributed by atoms with E-state index in [2.05, 4.69) is 39.7 Å². The highest BCUT2D eigenvalue weighted by molar-refractivity contribution is 5.94. The van der Waals surface area contributed by atoms with Crippen molar-refractivity contribution in [2.24, 2.45) is 0 Å². The summed E-state index contributed by atoms with van der Waals surface area (Å²) in [5, 5.41) is 4.57. The average molecular weight is 336 g/mol. The first-order valence-corrected chi connectivity index (χ1v) is 8.77. The molecule has 0 aliphatic rings. The molecule has 0 aliphatic heterocycles. The fourth-order valence-electron chi connectivity index (χ4n) is 3.02. The minimum Gasteiger partial charge on any atom is -0.370 e. The molecule has 0 radical (unpaired) electrons. The van der Waals surface area contributed by atoms with Gasteiger partial charge in [-0.25, -0.2) is 4.98 Å². The van der Waals surface area contributed by atoms with E-state index < -0.39 is 0 Å². The second kappa shape index (κ2) is 7.83. The molecule has 1 aromatic carbocycles. The van der Waals surface area contributed by atoms with Crippen LogP contribution in [0.5, 0.6) is 0 Å². The molecule has 5 heteroatoms. The summed E-state index contributed by atoms with van der Waals surface area (Å²) in [6.45, 7) is 6.16. The second-order valence-corrected chi connectivity index (χ2v) is 5.94. The van der Waals surface area contributed by atoms with Crippen LogP contribution < -0.4 is 5.32 Å². The molecule has 0 saturated heterocycles. The first-order chi connectivity index (χ1) is 12.2. The number of benzene rings is 1. The van der Waals surface area contributed by atoms with Gasteiger partial charge in [0.2, 0.25) is 0 Å². The van der Waals surface area contributed by atoms with Crippen molar-refractivity contribution in [1.29, 1.82) is 0 Å². The van der Waals surface area contributed by atoms with Crippen molar-refractivity contribution >= 4 is 22.6 Å². The van der Waals surface area contributed by atoms with Crippen molar-refractivity contribution in [3.63, 3.8) is 0 Å². The lowest BCUT2D eigenvalue weighted by molar-refractivity contribution is 0.0773. The second-order valence-electron chi connectivity index (χ2n) is 5.94. The zero-order chi connectivity index (χ0) is 17.6. The van der Waals surface area contributed by atoms with E-state index >= 15 is 0 Å². The topological polar surface area (TPSA) is 61.0 Å². The number of anilines is 1. The van der Waals surface area contributed by atoms with Gasteiger partial charge in [0.15, 0.2) is 0 Å². The number of rotatable bonds is 7. The number of carbonyl (C=O) groups is 1. The summed E-state index contributed by atoms with van der Waals surface area (Å²) >= 11 is 0. The molecule has 2 N–H and O–H groups in total. The van der Waals surface area contributed by atoms with Gasteiger partial charge >= 0.3 is 0 Å². The SMILES string of the molecule is CCN(CC)C(=O)c1ccnc(NCCc2c[nH]c3ccccc23)c1. The maximum absolute atomic E-state index is 12.4. The average Bonchev–Trinajstić information content (AvgIpc) is 3.06. The number of pyridine rings is 1. The van der Waals surface area contributed by atoms with Crippen LogP contribution in [0.2, 0.25) is 0 Å². The number of fused-ring (bicyclic) bond motifs is 1. The van der Waals surface area contributed by atoms with Gasteiger partial charge in [0.1, 0.15) is 5.82 Å². The fraction of sp³-hybridized carbons (Fsp3) is 0.300. The van der Waals surface area contributed by atoms with Crippen LogP contribution in [-0.4, -0.2) is 40.4 Å². The number of nitrogens with one attached hydrogen (secondary N) is 2. The maximum atomic E-state index is 12.4. The maximum Gasteiger partial charge on any atom is 0.254 e. The monoisotopic (exact) mass is 336 g/mol. The number of H-pyrrole nitrogens is 1. The smallest absolute Gasteiger partial charge is 0.254 e. The van der Waals surface area contributed by atoms with Crippen LogP contribution in [0.4, 0.5) is 5.82 Å².